The zero-order chi connectivity index (χ0) is 27.7. The Morgan fingerprint density at radius 1 is 0.512 bits per heavy atom. The highest BCUT2D eigenvalue weighted by molar-refractivity contribution is 7.77. The van der Waals surface area contributed by atoms with E-state index in [-0.39, 0.29) is 0 Å². The average molecular weight is 569 g/mol. The third-order valence-corrected chi connectivity index (χ3v) is 13.7. The van der Waals surface area contributed by atoms with Crippen molar-refractivity contribution < 1.29 is 0 Å². The van der Waals surface area contributed by atoms with Gasteiger partial charge in [-0.05, 0) is 66.8 Å². The normalized spacial score (nSPS) is 17.0. The number of hydrogen-bond acceptors (Lipinski definition) is 0. The van der Waals surface area contributed by atoms with E-state index in [1.807, 2.05) is 0 Å². The van der Waals surface area contributed by atoms with Crippen molar-refractivity contribution in [2.24, 2.45) is 11.8 Å². The molecular formula is C39H38P2. The summed E-state index contributed by atoms with van der Waals surface area (Å²) in [6, 6.07) is 45.2. The molecule has 0 fully saturated rings. The molecule has 0 N–H and O–H groups in total. The van der Waals surface area contributed by atoms with Crippen LogP contribution in [0.3, 0.4) is 0 Å². The van der Waals surface area contributed by atoms with Gasteiger partial charge in [0, 0.05) is 5.92 Å². The Morgan fingerprint density at radius 3 is 1.51 bits per heavy atom. The number of benzene rings is 4. The fourth-order valence-corrected chi connectivity index (χ4v) is 12.0. The lowest BCUT2D eigenvalue weighted by molar-refractivity contribution is 0.563. The first-order valence-corrected chi connectivity index (χ1v) is 17.7. The number of rotatable bonds is 12. The van der Waals surface area contributed by atoms with Crippen molar-refractivity contribution in [3.63, 3.8) is 0 Å². The van der Waals surface area contributed by atoms with Crippen LogP contribution in [-0.4, -0.2) is 5.66 Å². The summed E-state index contributed by atoms with van der Waals surface area (Å²) in [5, 5.41) is 7.46. The van der Waals surface area contributed by atoms with E-state index >= 15 is 0 Å². The average Bonchev–Trinajstić information content (AvgIpc) is 3.74. The molecule has 2 heteroatoms. The molecule has 0 aromatic heterocycles. The van der Waals surface area contributed by atoms with Gasteiger partial charge >= 0.3 is 0 Å². The van der Waals surface area contributed by atoms with E-state index in [0.717, 1.165) is 0 Å². The molecule has 0 saturated carbocycles. The third kappa shape index (κ3) is 6.79. The van der Waals surface area contributed by atoms with Crippen LogP contribution in [-0.2, 0) is 0 Å². The van der Waals surface area contributed by atoms with Gasteiger partial charge in [-0.1, -0.05) is 177 Å². The van der Waals surface area contributed by atoms with Crippen LogP contribution in [0.1, 0.15) is 25.7 Å². The minimum Gasteiger partial charge on any atom is -0.0776 e. The monoisotopic (exact) mass is 568 g/mol. The maximum absolute atomic E-state index is 2.53. The first kappa shape index (κ1) is 27.8. The zero-order valence-electron chi connectivity index (χ0n) is 23.5. The molecule has 0 aliphatic heterocycles. The second-order valence-electron chi connectivity index (χ2n) is 10.8. The standard InChI is InChI=1S/C39H38P2/c1-5-21-33(22-6-1)40(34-23-7-2-8-24-34)38(30-16-15-20-32-18-13-14-19-32)37-29-17-31-39(37)41(35-25-9-3-10-26-35)36-27-11-4-12-28-36/h1-14,17-19,21-29,31-32,37-38H,15-16,20,30H2/t37?,38-/m1/s1. The second-order valence-corrected chi connectivity index (χ2v) is 15.5. The van der Waals surface area contributed by atoms with Crippen LogP contribution in [0, 0.1) is 11.8 Å². The van der Waals surface area contributed by atoms with Crippen LogP contribution in [0.15, 0.2) is 169 Å². The maximum Gasteiger partial charge on any atom is 0.0105 e. The molecule has 6 rings (SSSR count). The van der Waals surface area contributed by atoms with Gasteiger partial charge in [0.1, 0.15) is 0 Å². The molecular weight excluding hydrogens is 530 g/mol. The molecule has 41 heavy (non-hydrogen) atoms. The Balaban J connectivity index is 1.39. The summed E-state index contributed by atoms with van der Waals surface area (Å²) in [6.07, 6.45) is 21.5. The van der Waals surface area contributed by atoms with Gasteiger partial charge in [-0.2, -0.15) is 0 Å². The van der Waals surface area contributed by atoms with Crippen LogP contribution in [0.4, 0.5) is 0 Å². The highest BCUT2D eigenvalue weighted by atomic mass is 31.1. The van der Waals surface area contributed by atoms with E-state index in [9.17, 15) is 0 Å². The number of unbranched alkanes of at least 4 members (excludes halogenated alkanes) is 1. The fraction of sp³-hybridized carbons (Fsp3) is 0.179. The molecule has 0 nitrogen and oxygen atoms in total. The van der Waals surface area contributed by atoms with Crippen LogP contribution in [0.25, 0.3) is 0 Å². The smallest absolute Gasteiger partial charge is 0.0105 e. The Hall–Kier alpha value is -3.30. The van der Waals surface area contributed by atoms with E-state index < -0.39 is 15.8 Å². The lowest BCUT2D eigenvalue weighted by atomic mass is 9.98. The fourth-order valence-electron chi connectivity index (χ4n) is 6.22. The van der Waals surface area contributed by atoms with Gasteiger partial charge in [-0.25, -0.2) is 0 Å². The minimum absolute atomic E-state index is 0.416. The predicted octanol–water partition coefficient (Wildman–Crippen LogP) is 8.99. The lowest BCUT2D eigenvalue weighted by Crippen LogP contribution is -2.29. The molecule has 0 saturated heterocycles. The highest BCUT2D eigenvalue weighted by Gasteiger charge is 2.36. The summed E-state index contributed by atoms with van der Waals surface area (Å²) in [6.45, 7) is 0. The zero-order valence-corrected chi connectivity index (χ0v) is 25.3. The summed E-state index contributed by atoms with van der Waals surface area (Å²) >= 11 is 0. The molecule has 2 aliphatic rings. The van der Waals surface area contributed by atoms with Crippen LogP contribution >= 0.6 is 15.8 Å². The van der Waals surface area contributed by atoms with Crippen molar-refractivity contribution in [2.45, 2.75) is 31.3 Å². The van der Waals surface area contributed by atoms with E-state index in [1.165, 1.54) is 46.9 Å². The van der Waals surface area contributed by atoms with E-state index in [0.29, 0.717) is 17.5 Å². The molecule has 0 radical (unpaired) electrons. The molecule has 4 aromatic carbocycles. The molecule has 1 unspecified atom stereocenters. The Morgan fingerprint density at radius 2 is 1.00 bits per heavy atom. The molecule has 2 atom stereocenters. The SMILES string of the molecule is C1=CC(CCCC[C@H](C2C=CC=C2P(c2ccccc2)c2ccccc2)P(c2ccccc2)c2ccccc2)C=C1. The van der Waals surface area contributed by atoms with Crippen molar-refractivity contribution in [3.05, 3.63) is 169 Å². The van der Waals surface area contributed by atoms with Gasteiger partial charge in [0.05, 0.1) is 0 Å². The molecule has 0 heterocycles. The lowest BCUT2D eigenvalue weighted by Gasteiger charge is -2.36. The highest BCUT2D eigenvalue weighted by Crippen LogP contribution is 2.56. The number of allylic oxidation sites excluding steroid dienone is 8. The van der Waals surface area contributed by atoms with Crippen molar-refractivity contribution in [1.82, 2.24) is 0 Å². The van der Waals surface area contributed by atoms with Crippen LogP contribution in [0.2, 0.25) is 0 Å². The first-order chi connectivity index (χ1) is 20.4. The topological polar surface area (TPSA) is 0 Å². The quantitative estimate of drug-likeness (QED) is 0.118. The van der Waals surface area contributed by atoms with Gasteiger partial charge in [0.25, 0.3) is 0 Å². The van der Waals surface area contributed by atoms with Gasteiger partial charge < -0.3 is 0 Å². The molecule has 4 aromatic rings. The summed E-state index contributed by atoms with van der Waals surface area (Å²) in [5.41, 5.74) is 0.534. The first-order valence-electron chi connectivity index (χ1n) is 14.9. The van der Waals surface area contributed by atoms with Gasteiger partial charge in [-0.15, -0.1) is 0 Å². The number of hydrogen-bond donors (Lipinski definition) is 0. The second kappa shape index (κ2) is 14.0. The molecule has 2 aliphatic carbocycles. The van der Waals surface area contributed by atoms with Crippen molar-refractivity contribution in [3.8, 4) is 0 Å². The minimum atomic E-state index is -0.622. The third-order valence-electron chi connectivity index (χ3n) is 8.14. The van der Waals surface area contributed by atoms with Crippen molar-refractivity contribution >= 4 is 37.1 Å². The summed E-state index contributed by atoms with van der Waals surface area (Å²) in [5.74, 6) is 1.03. The van der Waals surface area contributed by atoms with Crippen molar-refractivity contribution in [1.29, 1.82) is 0 Å². The van der Waals surface area contributed by atoms with Gasteiger partial charge in [0.2, 0.25) is 0 Å². The predicted molar refractivity (Wildman–Crippen MR) is 183 cm³/mol. The van der Waals surface area contributed by atoms with Crippen molar-refractivity contribution in [2.75, 3.05) is 0 Å². The summed E-state index contributed by atoms with van der Waals surface area (Å²) in [7, 11) is -1.17. The largest absolute Gasteiger partial charge is 0.0776 e. The summed E-state index contributed by atoms with van der Waals surface area (Å²) < 4.78 is 0. The van der Waals surface area contributed by atoms with Gasteiger partial charge in [-0.3, -0.25) is 0 Å². The Labute approximate surface area is 248 Å². The van der Waals surface area contributed by atoms with E-state index in [1.54, 1.807) is 5.31 Å². The Kier molecular flexibility index (Phi) is 9.54. The Bertz CT molecular complexity index is 1400. The van der Waals surface area contributed by atoms with E-state index in [4.69, 9.17) is 0 Å². The van der Waals surface area contributed by atoms with Crippen LogP contribution in [0.5, 0.6) is 0 Å². The summed E-state index contributed by atoms with van der Waals surface area (Å²) in [4.78, 5) is 0. The maximum atomic E-state index is 2.53. The molecule has 0 amide bonds. The van der Waals surface area contributed by atoms with Gasteiger partial charge in [0.15, 0.2) is 0 Å². The van der Waals surface area contributed by atoms with Crippen LogP contribution < -0.4 is 21.2 Å². The molecule has 0 bridgehead atoms. The van der Waals surface area contributed by atoms with E-state index in [2.05, 4.69) is 164 Å². The molecule has 0 spiro atoms. The molecule has 204 valence electrons.